The summed E-state index contributed by atoms with van der Waals surface area (Å²) in [4.78, 5) is 25.0. The van der Waals surface area contributed by atoms with E-state index >= 15 is 0 Å². The van der Waals surface area contributed by atoms with Crippen LogP contribution < -0.4 is 4.74 Å². The van der Waals surface area contributed by atoms with E-state index in [0.29, 0.717) is 31.7 Å². The second-order valence-corrected chi connectivity index (χ2v) is 4.89. The zero-order valence-electron chi connectivity index (χ0n) is 11.5. The number of benzene rings is 1. The monoisotopic (exact) mass is 277 g/mol. The fourth-order valence-corrected chi connectivity index (χ4v) is 2.41. The molecule has 1 N–H and O–H groups in total. The van der Waals surface area contributed by atoms with Gasteiger partial charge in [-0.25, -0.2) is 0 Å². The number of rotatable bonds is 4. The lowest BCUT2D eigenvalue weighted by Crippen LogP contribution is -2.42. The van der Waals surface area contributed by atoms with Crippen LogP contribution in [0.1, 0.15) is 30.1 Å². The zero-order valence-corrected chi connectivity index (χ0v) is 11.5. The molecule has 0 bridgehead atoms. The summed E-state index contributed by atoms with van der Waals surface area (Å²) in [5, 5.41) is 9.05. The second-order valence-electron chi connectivity index (χ2n) is 4.89. The number of carbonyl (C=O) groups excluding carboxylic acids is 1. The highest BCUT2D eigenvalue weighted by Gasteiger charge is 2.28. The van der Waals surface area contributed by atoms with E-state index in [1.54, 1.807) is 29.2 Å². The van der Waals surface area contributed by atoms with E-state index in [1.807, 2.05) is 6.92 Å². The fourth-order valence-electron chi connectivity index (χ4n) is 2.41. The molecule has 0 aromatic heterocycles. The van der Waals surface area contributed by atoms with Crippen LogP contribution in [0.2, 0.25) is 0 Å². The molecule has 1 saturated heterocycles. The van der Waals surface area contributed by atoms with Crippen molar-refractivity contribution in [2.45, 2.75) is 19.8 Å². The Bertz CT molecular complexity index is 483. The number of amides is 1. The van der Waals surface area contributed by atoms with Crippen LogP contribution in [-0.2, 0) is 4.79 Å². The molecule has 1 aromatic rings. The molecule has 5 heteroatoms. The molecule has 1 aromatic carbocycles. The van der Waals surface area contributed by atoms with Crippen LogP contribution in [0.4, 0.5) is 0 Å². The summed E-state index contributed by atoms with van der Waals surface area (Å²) >= 11 is 0. The molecular weight excluding hydrogens is 258 g/mol. The summed E-state index contributed by atoms with van der Waals surface area (Å²) in [5.74, 6) is -0.658. The van der Waals surface area contributed by atoms with Gasteiger partial charge in [0, 0.05) is 18.7 Å². The Morgan fingerprint density at radius 1 is 1.35 bits per heavy atom. The highest BCUT2D eigenvalue weighted by Crippen LogP contribution is 2.20. The second kappa shape index (κ2) is 6.41. The summed E-state index contributed by atoms with van der Waals surface area (Å²) in [6.07, 6.45) is 1.38. The maximum absolute atomic E-state index is 12.3. The third-order valence-corrected chi connectivity index (χ3v) is 3.47. The number of carbonyl (C=O) groups is 2. The van der Waals surface area contributed by atoms with Crippen LogP contribution in [-0.4, -0.2) is 41.6 Å². The SMILES string of the molecule is CCOc1ccc(C(=O)N2CCC[C@@H](C(=O)O)C2)cc1. The first-order valence-electron chi connectivity index (χ1n) is 6.86. The molecule has 1 heterocycles. The maximum atomic E-state index is 12.3. The highest BCUT2D eigenvalue weighted by atomic mass is 16.5. The predicted octanol–water partition coefficient (Wildman–Crippen LogP) is 2.02. The molecule has 2 rings (SSSR count). The number of hydrogen-bond donors (Lipinski definition) is 1. The van der Waals surface area contributed by atoms with Gasteiger partial charge >= 0.3 is 5.97 Å². The Morgan fingerprint density at radius 2 is 2.05 bits per heavy atom. The van der Waals surface area contributed by atoms with Gasteiger partial charge in [-0.15, -0.1) is 0 Å². The topological polar surface area (TPSA) is 66.8 Å². The van der Waals surface area contributed by atoms with Gasteiger partial charge in [-0.1, -0.05) is 0 Å². The smallest absolute Gasteiger partial charge is 0.308 e. The number of nitrogens with zero attached hydrogens (tertiary/aromatic N) is 1. The van der Waals surface area contributed by atoms with E-state index in [9.17, 15) is 9.59 Å². The third kappa shape index (κ3) is 3.29. The third-order valence-electron chi connectivity index (χ3n) is 3.47. The molecule has 20 heavy (non-hydrogen) atoms. The van der Waals surface area contributed by atoms with E-state index in [1.165, 1.54) is 0 Å². The van der Waals surface area contributed by atoms with Crippen LogP contribution in [0.3, 0.4) is 0 Å². The Labute approximate surface area is 118 Å². The number of carboxylic acid groups (broad SMARTS) is 1. The molecule has 0 aliphatic carbocycles. The first-order chi connectivity index (χ1) is 9.61. The van der Waals surface area contributed by atoms with Gasteiger partial charge in [0.05, 0.1) is 12.5 Å². The van der Waals surface area contributed by atoms with Crippen molar-refractivity contribution in [3.05, 3.63) is 29.8 Å². The largest absolute Gasteiger partial charge is 0.494 e. The van der Waals surface area contributed by atoms with Crippen LogP contribution in [0, 0.1) is 5.92 Å². The molecule has 108 valence electrons. The molecule has 0 saturated carbocycles. The van der Waals surface area contributed by atoms with Crippen molar-refractivity contribution in [3.8, 4) is 5.75 Å². The van der Waals surface area contributed by atoms with E-state index in [4.69, 9.17) is 9.84 Å². The molecule has 1 amide bonds. The molecule has 1 aliphatic rings. The van der Waals surface area contributed by atoms with Crippen molar-refractivity contribution in [2.24, 2.45) is 5.92 Å². The van der Waals surface area contributed by atoms with E-state index in [-0.39, 0.29) is 5.91 Å². The van der Waals surface area contributed by atoms with Gasteiger partial charge in [-0.05, 0) is 44.0 Å². The van der Waals surface area contributed by atoms with Gasteiger partial charge < -0.3 is 14.7 Å². The van der Waals surface area contributed by atoms with Gasteiger partial charge in [-0.3, -0.25) is 9.59 Å². The number of ether oxygens (including phenoxy) is 1. The number of piperidine rings is 1. The Balaban J connectivity index is 2.04. The zero-order chi connectivity index (χ0) is 14.5. The number of carboxylic acids is 1. The van der Waals surface area contributed by atoms with Crippen molar-refractivity contribution in [3.63, 3.8) is 0 Å². The minimum Gasteiger partial charge on any atom is -0.494 e. The quantitative estimate of drug-likeness (QED) is 0.914. The van der Waals surface area contributed by atoms with Crippen molar-refractivity contribution in [1.29, 1.82) is 0 Å². The van der Waals surface area contributed by atoms with Crippen LogP contribution in [0.25, 0.3) is 0 Å². The average molecular weight is 277 g/mol. The van der Waals surface area contributed by atoms with E-state index in [2.05, 4.69) is 0 Å². The summed E-state index contributed by atoms with van der Waals surface area (Å²) in [7, 11) is 0. The number of aliphatic carboxylic acids is 1. The predicted molar refractivity (Wildman–Crippen MR) is 73.9 cm³/mol. The highest BCUT2D eigenvalue weighted by molar-refractivity contribution is 5.94. The minimum atomic E-state index is -0.825. The Kier molecular flexibility index (Phi) is 4.61. The van der Waals surface area contributed by atoms with E-state index in [0.717, 1.165) is 12.2 Å². The molecule has 1 fully saturated rings. The summed E-state index contributed by atoms with van der Waals surface area (Å²) in [6.45, 7) is 3.40. The normalized spacial score (nSPS) is 18.6. The maximum Gasteiger partial charge on any atom is 0.308 e. The van der Waals surface area contributed by atoms with Gasteiger partial charge in [0.15, 0.2) is 0 Å². The molecule has 1 atom stereocenters. The fraction of sp³-hybridized carbons (Fsp3) is 0.467. The van der Waals surface area contributed by atoms with Crippen molar-refractivity contribution >= 4 is 11.9 Å². The molecule has 0 unspecified atom stereocenters. The number of hydrogen-bond acceptors (Lipinski definition) is 3. The van der Waals surface area contributed by atoms with Crippen molar-refractivity contribution in [2.75, 3.05) is 19.7 Å². The Hall–Kier alpha value is -2.04. The average Bonchev–Trinajstić information content (AvgIpc) is 2.48. The molecule has 1 aliphatic heterocycles. The first-order valence-corrected chi connectivity index (χ1v) is 6.86. The summed E-state index contributed by atoms with van der Waals surface area (Å²) in [5.41, 5.74) is 0.569. The summed E-state index contributed by atoms with van der Waals surface area (Å²) in [6, 6.07) is 6.96. The summed E-state index contributed by atoms with van der Waals surface area (Å²) < 4.78 is 5.33. The standard InChI is InChI=1S/C15H19NO4/c1-2-20-13-7-5-11(6-8-13)14(17)16-9-3-4-12(10-16)15(18)19/h5-8,12H,2-4,9-10H2,1H3,(H,18,19)/t12-/m1/s1. The van der Waals surface area contributed by atoms with Crippen molar-refractivity contribution in [1.82, 2.24) is 4.90 Å². The minimum absolute atomic E-state index is 0.112. The Morgan fingerprint density at radius 3 is 2.65 bits per heavy atom. The lowest BCUT2D eigenvalue weighted by Gasteiger charge is -2.30. The van der Waals surface area contributed by atoms with E-state index < -0.39 is 11.9 Å². The lowest BCUT2D eigenvalue weighted by atomic mass is 9.97. The van der Waals surface area contributed by atoms with Crippen molar-refractivity contribution < 1.29 is 19.4 Å². The molecule has 5 nitrogen and oxygen atoms in total. The first kappa shape index (κ1) is 14.4. The molecular formula is C15H19NO4. The number of likely N-dealkylation sites (tertiary alicyclic amines) is 1. The van der Waals surface area contributed by atoms with Crippen LogP contribution in [0.15, 0.2) is 24.3 Å². The lowest BCUT2D eigenvalue weighted by molar-refractivity contribution is -0.143. The molecule has 0 radical (unpaired) electrons. The van der Waals surface area contributed by atoms with Gasteiger partial charge in [0.2, 0.25) is 0 Å². The molecule has 0 spiro atoms. The van der Waals surface area contributed by atoms with Crippen LogP contribution in [0.5, 0.6) is 5.75 Å². The van der Waals surface area contributed by atoms with Gasteiger partial charge in [0.25, 0.3) is 5.91 Å². The van der Waals surface area contributed by atoms with Gasteiger partial charge in [-0.2, -0.15) is 0 Å². The van der Waals surface area contributed by atoms with Crippen LogP contribution >= 0.6 is 0 Å². The van der Waals surface area contributed by atoms with Gasteiger partial charge in [0.1, 0.15) is 5.75 Å².